The van der Waals surface area contributed by atoms with Gasteiger partial charge in [0.25, 0.3) is 11.8 Å². The van der Waals surface area contributed by atoms with E-state index in [-0.39, 0.29) is 23.9 Å². The molecule has 4 heteroatoms. The van der Waals surface area contributed by atoms with Crippen LogP contribution in [-0.2, 0) is 0 Å². The van der Waals surface area contributed by atoms with Crippen molar-refractivity contribution < 1.29 is 9.59 Å². The number of carbonyl (C=O) groups is 2. The predicted octanol–water partition coefficient (Wildman–Crippen LogP) is 2.16. The SMILES string of the molecule is CN(C)[C@H]1CCCC[C@@H]1N1C(=O)c2ccccc2C1=O. The van der Waals surface area contributed by atoms with Crippen LogP contribution in [0.2, 0.25) is 0 Å². The second-order valence-corrected chi connectivity index (χ2v) is 5.91. The smallest absolute Gasteiger partial charge is 0.261 e. The zero-order valence-corrected chi connectivity index (χ0v) is 12.0. The van der Waals surface area contributed by atoms with E-state index in [1.807, 2.05) is 26.2 Å². The summed E-state index contributed by atoms with van der Waals surface area (Å²) in [4.78, 5) is 28.8. The van der Waals surface area contributed by atoms with Crippen LogP contribution in [-0.4, -0.2) is 47.8 Å². The highest BCUT2D eigenvalue weighted by molar-refractivity contribution is 6.21. The Kier molecular flexibility index (Phi) is 3.34. The number of nitrogens with zero attached hydrogens (tertiary/aromatic N) is 2. The molecule has 1 aromatic carbocycles. The third-order valence-corrected chi connectivity index (χ3v) is 4.51. The maximum atomic E-state index is 12.6. The van der Waals surface area contributed by atoms with Crippen LogP contribution in [0.5, 0.6) is 0 Å². The minimum absolute atomic E-state index is 0.00569. The molecule has 0 spiro atoms. The van der Waals surface area contributed by atoms with Crippen molar-refractivity contribution in [1.82, 2.24) is 9.80 Å². The summed E-state index contributed by atoms with van der Waals surface area (Å²) in [7, 11) is 4.06. The Bertz CT molecular complexity index is 518. The van der Waals surface area contributed by atoms with Gasteiger partial charge in [-0.2, -0.15) is 0 Å². The van der Waals surface area contributed by atoms with E-state index in [0.717, 1.165) is 19.3 Å². The number of hydrogen-bond donors (Lipinski definition) is 0. The number of likely N-dealkylation sites (N-methyl/N-ethyl adjacent to an activating group) is 1. The highest BCUT2D eigenvalue weighted by Gasteiger charge is 2.43. The van der Waals surface area contributed by atoms with Crippen LogP contribution >= 0.6 is 0 Å². The lowest BCUT2D eigenvalue weighted by molar-refractivity contribution is 0.0419. The molecule has 3 rings (SSSR count). The summed E-state index contributed by atoms with van der Waals surface area (Å²) in [6.07, 6.45) is 4.21. The van der Waals surface area contributed by atoms with Crippen molar-refractivity contribution in [2.75, 3.05) is 14.1 Å². The fourth-order valence-electron chi connectivity index (χ4n) is 3.50. The second-order valence-electron chi connectivity index (χ2n) is 5.91. The molecule has 1 aliphatic carbocycles. The predicted molar refractivity (Wildman–Crippen MR) is 76.7 cm³/mol. The molecular weight excluding hydrogens is 252 g/mol. The lowest BCUT2D eigenvalue weighted by atomic mass is 9.88. The molecule has 2 amide bonds. The quantitative estimate of drug-likeness (QED) is 0.775. The molecule has 0 unspecified atom stereocenters. The number of carbonyl (C=O) groups excluding carboxylic acids is 2. The first kappa shape index (κ1) is 13.3. The first-order valence-corrected chi connectivity index (χ1v) is 7.24. The third-order valence-electron chi connectivity index (χ3n) is 4.51. The molecule has 0 aromatic heterocycles. The summed E-state index contributed by atoms with van der Waals surface area (Å²) in [5.41, 5.74) is 1.11. The standard InChI is InChI=1S/C16H20N2O2/c1-17(2)13-9-5-6-10-14(13)18-15(19)11-7-3-4-8-12(11)16(18)20/h3-4,7-8,13-14H,5-6,9-10H2,1-2H3/t13-,14-/m0/s1. The van der Waals surface area contributed by atoms with Crippen molar-refractivity contribution in [2.24, 2.45) is 0 Å². The molecule has 0 radical (unpaired) electrons. The molecular formula is C16H20N2O2. The Morgan fingerprint density at radius 3 is 2.10 bits per heavy atom. The van der Waals surface area contributed by atoms with Gasteiger partial charge in [0.15, 0.2) is 0 Å². The summed E-state index contributed by atoms with van der Waals surface area (Å²) in [6, 6.07) is 7.42. The molecule has 4 nitrogen and oxygen atoms in total. The number of imide groups is 1. The molecule has 106 valence electrons. The van der Waals surface area contributed by atoms with E-state index in [1.165, 1.54) is 11.3 Å². The monoisotopic (exact) mass is 272 g/mol. The molecule has 1 fully saturated rings. The number of benzene rings is 1. The number of amides is 2. The first-order chi connectivity index (χ1) is 9.61. The maximum Gasteiger partial charge on any atom is 0.261 e. The van der Waals surface area contributed by atoms with E-state index < -0.39 is 0 Å². The van der Waals surface area contributed by atoms with Crippen LogP contribution in [0.3, 0.4) is 0 Å². The summed E-state index contributed by atoms with van der Waals surface area (Å²) in [5, 5.41) is 0. The van der Waals surface area contributed by atoms with E-state index >= 15 is 0 Å². The van der Waals surface area contributed by atoms with Crippen LogP contribution < -0.4 is 0 Å². The van der Waals surface area contributed by atoms with Gasteiger partial charge in [-0.3, -0.25) is 14.5 Å². The van der Waals surface area contributed by atoms with Crippen molar-refractivity contribution in [2.45, 2.75) is 37.8 Å². The van der Waals surface area contributed by atoms with Gasteiger partial charge in [0, 0.05) is 6.04 Å². The maximum absolute atomic E-state index is 12.6. The van der Waals surface area contributed by atoms with E-state index in [2.05, 4.69) is 4.90 Å². The van der Waals surface area contributed by atoms with Crippen LogP contribution in [0.1, 0.15) is 46.4 Å². The van der Waals surface area contributed by atoms with Gasteiger partial charge in [-0.15, -0.1) is 0 Å². The molecule has 1 aromatic rings. The topological polar surface area (TPSA) is 40.6 Å². The minimum Gasteiger partial charge on any atom is -0.304 e. The van der Waals surface area contributed by atoms with Gasteiger partial charge in [0.1, 0.15) is 0 Å². The summed E-state index contributed by atoms with van der Waals surface area (Å²) < 4.78 is 0. The van der Waals surface area contributed by atoms with Gasteiger partial charge in [0.05, 0.1) is 17.2 Å². The molecule has 0 bridgehead atoms. The average molecular weight is 272 g/mol. The Labute approximate surface area is 119 Å². The molecule has 0 saturated heterocycles. The van der Waals surface area contributed by atoms with Crippen molar-refractivity contribution >= 4 is 11.8 Å². The fourth-order valence-corrected chi connectivity index (χ4v) is 3.50. The van der Waals surface area contributed by atoms with Gasteiger partial charge in [-0.05, 0) is 39.1 Å². The fraction of sp³-hybridized carbons (Fsp3) is 0.500. The Morgan fingerprint density at radius 2 is 1.55 bits per heavy atom. The number of fused-ring (bicyclic) bond motifs is 1. The second kappa shape index (κ2) is 5.02. The Morgan fingerprint density at radius 1 is 1.00 bits per heavy atom. The van der Waals surface area contributed by atoms with Crippen molar-refractivity contribution in [3.8, 4) is 0 Å². The van der Waals surface area contributed by atoms with Gasteiger partial charge < -0.3 is 4.90 Å². The minimum atomic E-state index is -0.121. The summed E-state index contributed by atoms with van der Waals surface area (Å²) in [5.74, 6) is -0.242. The number of rotatable bonds is 2. The van der Waals surface area contributed by atoms with Gasteiger partial charge in [0.2, 0.25) is 0 Å². The van der Waals surface area contributed by atoms with Crippen LogP contribution in [0.15, 0.2) is 24.3 Å². The number of hydrogen-bond acceptors (Lipinski definition) is 3. The molecule has 20 heavy (non-hydrogen) atoms. The van der Waals surface area contributed by atoms with Crippen molar-refractivity contribution in [3.05, 3.63) is 35.4 Å². The van der Waals surface area contributed by atoms with Crippen LogP contribution in [0, 0.1) is 0 Å². The van der Waals surface area contributed by atoms with Gasteiger partial charge in [-0.1, -0.05) is 25.0 Å². The summed E-state index contributed by atoms with van der Waals surface area (Å²) >= 11 is 0. The van der Waals surface area contributed by atoms with Crippen molar-refractivity contribution in [3.63, 3.8) is 0 Å². The largest absolute Gasteiger partial charge is 0.304 e. The average Bonchev–Trinajstić information content (AvgIpc) is 2.71. The van der Waals surface area contributed by atoms with Crippen LogP contribution in [0.4, 0.5) is 0 Å². The van der Waals surface area contributed by atoms with Crippen molar-refractivity contribution in [1.29, 1.82) is 0 Å². The summed E-state index contributed by atoms with van der Waals surface area (Å²) in [6.45, 7) is 0. The molecule has 0 N–H and O–H groups in total. The molecule has 2 atom stereocenters. The van der Waals surface area contributed by atoms with Crippen LogP contribution in [0.25, 0.3) is 0 Å². The lowest BCUT2D eigenvalue weighted by Crippen LogP contribution is -2.53. The van der Waals surface area contributed by atoms with E-state index in [1.54, 1.807) is 12.1 Å². The van der Waals surface area contributed by atoms with E-state index in [4.69, 9.17) is 0 Å². The molecule has 1 aliphatic heterocycles. The highest BCUT2D eigenvalue weighted by Crippen LogP contribution is 2.32. The zero-order chi connectivity index (χ0) is 14.3. The Hall–Kier alpha value is -1.68. The lowest BCUT2D eigenvalue weighted by Gasteiger charge is -2.40. The third kappa shape index (κ3) is 1.95. The van der Waals surface area contributed by atoms with Gasteiger partial charge in [-0.25, -0.2) is 0 Å². The normalized spacial score (nSPS) is 26.2. The van der Waals surface area contributed by atoms with E-state index in [0.29, 0.717) is 11.1 Å². The zero-order valence-electron chi connectivity index (χ0n) is 12.0. The molecule has 1 saturated carbocycles. The highest BCUT2D eigenvalue weighted by atomic mass is 16.2. The van der Waals surface area contributed by atoms with Gasteiger partial charge >= 0.3 is 0 Å². The molecule has 1 heterocycles. The first-order valence-electron chi connectivity index (χ1n) is 7.24. The van der Waals surface area contributed by atoms with E-state index in [9.17, 15) is 9.59 Å². The molecule has 2 aliphatic rings. The Balaban J connectivity index is 1.95.